The van der Waals surface area contributed by atoms with Crippen LogP contribution in [0.3, 0.4) is 0 Å². The monoisotopic (exact) mass is 552 g/mol. The zero-order valence-electron chi connectivity index (χ0n) is 17.3. The first kappa shape index (κ1) is 23.1. The number of aryl methyl sites for hydroxylation is 2. The van der Waals surface area contributed by atoms with E-state index in [9.17, 15) is 4.79 Å². The SMILES string of the molecule is CCn1c(CSCc2ccc(C)cc2)nnc1SCC(=O)Nc1ccc(I)cc1C. The summed E-state index contributed by atoms with van der Waals surface area (Å²) in [6.45, 7) is 6.96. The Morgan fingerprint density at radius 1 is 1.10 bits per heavy atom. The largest absolute Gasteiger partial charge is 0.325 e. The van der Waals surface area contributed by atoms with E-state index in [4.69, 9.17) is 0 Å². The molecule has 1 amide bonds. The van der Waals surface area contributed by atoms with E-state index in [0.29, 0.717) is 5.75 Å². The van der Waals surface area contributed by atoms with Crippen molar-refractivity contribution in [2.24, 2.45) is 0 Å². The quantitative estimate of drug-likeness (QED) is 0.273. The molecule has 0 saturated carbocycles. The fraction of sp³-hybridized carbons (Fsp3) is 0.318. The van der Waals surface area contributed by atoms with Crippen LogP contribution in [-0.4, -0.2) is 26.4 Å². The molecule has 1 N–H and O–H groups in total. The summed E-state index contributed by atoms with van der Waals surface area (Å²) in [5.41, 5.74) is 4.50. The molecule has 0 unspecified atom stereocenters. The second kappa shape index (κ2) is 11.2. The molecule has 3 aromatic rings. The highest BCUT2D eigenvalue weighted by Gasteiger charge is 2.14. The number of amides is 1. The lowest BCUT2D eigenvalue weighted by atomic mass is 10.2. The average molecular weight is 553 g/mol. The maximum Gasteiger partial charge on any atom is 0.234 e. The second-order valence-electron chi connectivity index (χ2n) is 6.92. The Kier molecular flexibility index (Phi) is 8.64. The van der Waals surface area contributed by atoms with Crippen LogP contribution >= 0.6 is 46.1 Å². The molecule has 0 aliphatic rings. The third kappa shape index (κ3) is 6.49. The number of nitrogens with one attached hydrogen (secondary N) is 1. The Morgan fingerprint density at radius 3 is 2.57 bits per heavy atom. The van der Waals surface area contributed by atoms with Crippen LogP contribution in [0.25, 0.3) is 0 Å². The number of carbonyl (C=O) groups excluding carboxylic acids is 1. The smallest absolute Gasteiger partial charge is 0.234 e. The molecule has 30 heavy (non-hydrogen) atoms. The van der Waals surface area contributed by atoms with Crippen molar-refractivity contribution in [1.82, 2.24) is 14.8 Å². The van der Waals surface area contributed by atoms with Gasteiger partial charge in [-0.1, -0.05) is 41.6 Å². The zero-order valence-corrected chi connectivity index (χ0v) is 21.1. The van der Waals surface area contributed by atoms with Crippen molar-refractivity contribution in [2.75, 3.05) is 11.1 Å². The first-order valence-corrected chi connectivity index (χ1v) is 12.9. The van der Waals surface area contributed by atoms with Crippen molar-refractivity contribution in [3.63, 3.8) is 0 Å². The number of nitrogens with zero attached hydrogens (tertiary/aromatic N) is 3. The lowest BCUT2D eigenvalue weighted by Crippen LogP contribution is -2.15. The number of benzene rings is 2. The summed E-state index contributed by atoms with van der Waals surface area (Å²) in [5, 5.41) is 12.4. The molecule has 0 radical (unpaired) electrons. The van der Waals surface area contributed by atoms with E-state index in [1.165, 1.54) is 22.9 Å². The van der Waals surface area contributed by atoms with Gasteiger partial charge in [0.25, 0.3) is 0 Å². The molecule has 1 heterocycles. The van der Waals surface area contributed by atoms with Crippen LogP contribution in [-0.2, 0) is 22.8 Å². The minimum Gasteiger partial charge on any atom is -0.325 e. The highest BCUT2D eigenvalue weighted by molar-refractivity contribution is 14.1. The number of aromatic nitrogens is 3. The first-order valence-electron chi connectivity index (χ1n) is 9.70. The van der Waals surface area contributed by atoms with Gasteiger partial charge in [0.15, 0.2) is 5.16 Å². The van der Waals surface area contributed by atoms with Gasteiger partial charge in [-0.3, -0.25) is 4.79 Å². The number of rotatable bonds is 9. The number of hydrogen-bond acceptors (Lipinski definition) is 5. The third-order valence-electron chi connectivity index (χ3n) is 4.53. The number of carbonyl (C=O) groups is 1. The maximum absolute atomic E-state index is 12.4. The van der Waals surface area contributed by atoms with Gasteiger partial charge in [-0.05, 0) is 72.7 Å². The van der Waals surface area contributed by atoms with Gasteiger partial charge in [-0.15, -0.1) is 22.0 Å². The normalized spacial score (nSPS) is 10.9. The molecule has 0 atom stereocenters. The first-order chi connectivity index (χ1) is 14.5. The average Bonchev–Trinajstić information content (AvgIpc) is 3.12. The van der Waals surface area contributed by atoms with E-state index >= 15 is 0 Å². The number of hydrogen-bond donors (Lipinski definition) is 1. The van der Waals surface area contributed by atoms with Gasteiger partial charge >= 0.3 is 0 Å². The summed E-state index contributed by atoms with van der Waals surface area (Å²) in [6, 6.07) is 14.6. The van der Waals surface area contributed by atoms with Crippen molar-refractivity contribution in [2.45, 2.75) is 44.0 Å². The van der Waals surface area contributed by atoms with Crippen LogP contribution in [0, 0.1) is 17.4 Å². The minimum atomic E-state index is -0.0368. The number of thioether (sulfide) groups is 2. The summed E-state index contributed by atoms with van der Waals surface area (Å²) in [4.78, 5) is 12.4. The van der Waals surface area contributed by atoms with E-state index in [1.807, 2.05) is 30.8 Å². The molecule has 0 bridgehead atoms. The topological polar surface area (TPSA) is 59.8 Å². The molecule has 0 saturated heterocycles. The summed E-state index contributed by atoms with van der Waals surface area (Å²) < 4.78 is 3.25. The van der Waals surface area contributed by atoms with Crippen LogP contribution in [0.1, 0.15) is 29.4 Å². The van der Waals surface area contributed by atoms with Gasteiger partial charge < -0.3 is 9.88 Å². The predicted molar refractivity (Wildman–Crippen MR) is 135 cm³/mol. The van der Waals surface area contributed by atoms with Crippen LogP contribution < -0.4 is 5.32 Å². The molecule has 0 fully saturated rings. The Labute approximate surface area is 200 Å². The van der Waals surface area contributed by atoms with E-state index in [0.717, 1.165) is 43.9 Å². The molecule has 0 aliphatic heterocycles. The van der Waals surface area contributed by atoms with Crippen molar-refractivity contribution >= 4 is 57.7 Å². The Morgan fingerprint density at radius 2 is 1.87 bits per heavy atom. The molecular formula is C22H25IN4OS2. The Balaban J connectivity index is 1.53. The van der Waals surface area contributed by atoms with E-state index in [-0.39, 0.29) is 5.91 Å². The molecule has 5 nitrogen and oxygen atoms in total. The third-order valence-corrected chi connectivity index (χ3v) is 7.16. The van der Waals surface area contributed by atoms with Crippen LogP contribution in [0.4, 0.5) is 5.69 Å². The number of halogens is 1. The van der Waals surface area contributed by atoms with Crippen molar-refractivity contribution in [3.8, 4) is 0 Å². The minimum absolute atomic E-state index is 0.0368. The summed E-state index contributed by atoms with van der Waals surface area (Å²) >= 11 is 5.52. The zero-order chi connectivity index (χ0) is 21.5. The summed E-state index contributed by atoms with van der Waals surface area (Å²) in [5.74, 6) is 2.96. The Hall–Kier alpha value is -1.52. The second-order valence-corrected chi connectivity index (χ2v) is 10.1. The molecule has 8 heteroatoms. The maximum atomic E-state index is 12.4. The van der Waals surface area contributed by atoms with Gasteiger partial charge in [0.1, 0.15) is 5.82 Å². The van der Waals surface area contributed by atoms with Gasteiger partial charge in [0, 0.05) is 21.6 Å². The fourth-order valence-corrected chi connectivity index (χ4v) is 5.27. The fourth-order valence-electron chi connectivity index (χ4n) is 2.88. The van der Waals surface area contributed by atoms with E-state index in [2.05, 4.69) is 86.9 Å². The molecular weight excluding hydrogens is 527 g/mol. The summed E-state index contributed by atoms with van der Waals surface area (Å²) in [6.07, 6.45) is 0. The standard InChI is InChI=1S/C22H25IN4OS2/c1-4-27-20(13-29-12-17-7-5-15(2)6-8-17)25-26-22(27)30-14-21(28)24-19-10-9-18(23)11-16(19)3/h5-11H,4,12-14H2,1-3H3,(H,24,28). The van der Waals surface area contributed by atoms with Crippen molar-refractivity contribution in [3.05, 3.63) is 68.5 Å². The van der Waals surface area contributed by atoms with Gasteiger partial charge in [0.2, 0.25) is 5.91 Å². The highest BCUT2D eigenvalue weighted by Crippen LogP contribution is 2.23. The van der Waals surface area contributed by atoms with Crippen LogP contribution in [0.2, 0.25) is 0 Å². The molecule has 158 valence electrons. The van der Waals surface area contributed by atoms with Crippen molar-refractivity contribution in [1.29, 1.82) is 0 Å². The lowest BCUT2D eigenvalue weighted by molar-refractivity contribution is -0.113. The van der Waals surface area contributed by atoms with Gasteiger partial charge in [-0.2, -0.15) is 0 Å². The lowest BCUT2D eigenvalue weighted by Gasteiger charge is -2.09. The van der Waals surface area contributed by atoms with Gasteiger partial charge in [-0.25, -0.2) is 0 Å². The molecule has 0 spiro atoms. The molecule has 1 aromatic heterocycles. The van der Waals surface area contributed by atoms with Crippen LogP contribution in [0.15, 0.2) is 47.6 Å². The van der Waals surface area contributed by atoms with E-state index in [1.54, 1.807) is 0 Å². The number of anilines is 1. The van der Waals surface area contributed by atoms with Crippen molar-refractivity contribution < 1.29 is 4.79 Å². The Bertz CT molecular complexity index is 1000. The van der Waals surface area contributed by atoms with Gasteiger partial charge in [0.05, 0.1) is 11.5 Å². The van der Waals surface area contributed by atoms with Crippen LogP contribution in [0.5, 0.6) is 0 Å². The molecule has 2 aromatic carbocycles. The molecule has 3 rings (SSSR count). The van der Waals surface area contributed by atoms with E-state index < -0.39 is 0 Å². The predicted octanol–water partition coefficient (Wildman–Crippen LogP) is 5.68. The molecule has 0 aliphatic carbocycles. The highest BCUT2D eigenvalue weighted by atomic mass is 127. The summed E-state index contributed by atoms with van der Waals surface area (Å²) in [7, 11) is 0.